The van der Waals surface area contributed by atoms with Crippen molar-refractivity contribution in [2.75, 3.05) is 6.54 Å². The number of nitrogens with zero attached hydrogens (tertiary/aromatic N) is 1. The molecule has 0 amide bonds. The van der Waals surface area contributed by atoms with Gasteiger partial charge in [-0.05, 0) is 32.4 Å². The van der Waals surface area contributed by atoms with Crippen molar-refractivity contribution in [2.45, 2.75) is 32.9 Å². The standard InChI is InChI=1S/C14H19NO2/c1-10-4-3-5-12(8-10)9-15-7-6-13(11(15)2)14(16)17/h3-5,8,11,13H,6-7,9H2,1-2H3,(H,16,17). The molecule has 1 aromatic carbocycles. The summed E-state index contributed by atoms with van der Waals surface area (Å²) in [5.41, 5.74) is 2.52. The minimum Gasteiger partial charge on any atom is -0.481 e. The van der Waals surface area contributed by atoms with Crippen LogP contribution in [-0.4, -0.2) is 28.6 Å². The molecule has 1 saturated heterocycles. The predicted molar refractivity (Wildman–Crippen MR) is 66.8 cm³/mol. The monoisotopic (exact) mass is 233 g/mol. The zero-order valence-corrected chi connectivity index (χ0v) is 10.4. The summed E-state index contributed by atoms with van der Waals surface area (Å²) in [5.74, 6) is -0.871. The van der Waals surface area contributed by atoms with Crippen molar-refractivity contribution in [3.8, 4) is 0 Å². The number of hydrogen-bond donors (Lipinski definition) is 1. The second-order valence-corrected chi connectivity index (χ2v) is 4.93. The van der Waals surface area contributed by atoms with E-state index in [4.69, 9.17) is 5.11 Å². The van der Waals surface area contributed by atoms with E-state index in [1.165, 1.54) is 11.1 Å². The summed E-state index contributed by atoms with van der Waals surface area (Å²) in [4.78, 5) is 13.3. The molecule has 1 aliphatic rings. The van der Waals surface area contributed by atoms with E-state index in [1.807, 2.05) is 6.92 Å². The van der Waals surface area contributed by atoms with Gasteiger partial charge in [-0.3, -0.25) is 9.69 Å². The average molecular weight is 233 g/mol. The second-order valence-electron chi connectivity index (χ2n) is 4.93. The first-order valence-electron chi connectivity index (χ1n) is 6.10. The highest BCUT2D eigenvalue weighted by Gasteiger charge is 2.35. The minimum absolute atomic E-state index is 0.132. The van der Waals surface area contributed by atoms with Crippen LogP contribution in [0.25, 0.3) is 0 Å². The van der Waals surface area contributed by atoms with Crippen molar-refractivity contribution in [1.29, 1.82) is 0 Å². The topological polar surface area (TPSA) is 40.5 Å². The fourth-order valence-electron chi connectivity index (χ4n) is 2.60. The van der Waals surface area contributed by atoms with Crippen molar-refractivity contribution in [2.24, 2.45) is 5.92 Å². The molecule has 0 radical (unpaired) electrons. The van der Waals surface area contributed by atoms with Crippen LogP contribution in [0, 0.1) is 12.8 Å². The van der Waals surface area contributed by atoms with E-state index >= 15 is 0 Å². The lowest BCUT2D eigenvalue weighted by Gasteiger charge is -2.23. The summed E-state index contributed by atoms with van der Waals surface area (Å²) in [6, 6.07) is 8.54. The molecule has 3 nitrogen and oxygen atoms in total. The first-order valence-corrected chi connectivity index (χ1v) is 6.10. The van der Waals surface area contributed by atoms with Gasteiger partial charge >= 0.3 is 5.97 Å². The van der Waals surface area contributed by atoms with E-state index in [0.717, 1.165) is 19.5 Å². The van der Waals surface area contributed by atoms with E-state index in [9.17, 15) is 4.79 Å². The lowest BCUT2D eigenvalue weighted by atomic mass is 10.0. The Morgan fingerprint density at radius 1 is 1.53 bits per heavy atom. The maximum Gasteiger partial charge on any atom is 0.308 e. The Labute approximate surface area is 102 Å². The number of likely N-dealkylation sites (tertiary alicyclic amines) is 1. The highest BCUT2D eigenvalue weighted by Crippen LogP contribution is 2.26. The number of carbonyl (C=O) groups is 1. The highest BCUT2D eigenvalue weighted by molar-refractivity contribution is 5.71. The second kappa shape index (κ2) is 4.88. The Morgan fingerprint density at radius 2 is 2.29 bits per heavy atom. The van der Waals surface area contributed by atoms with E-state index < -0.39 is 5.97 Å². The van der Waals surface area contributed by atoms with Crippen molar-refractivity contribution < 1.29 is 9.90 Å². The molecule has 92 valence electrons. The van der Waals surface area contributed by atoms with E-state index in [1.54, 1.807) is 0 Å². The molecule has 2 rings (SSSR count). The summed E-state index contributed by atoms with van der Waals surface area (Å²) < 4.78 is 0. The molecular formula is C14H19NO2. The fraction of sp³-hybridized carbons (Fsp3) is 0.500. The van der Waals surface area contributed by atoms with Crippen LogP contribution >= 0.6 is 0 Å². The zero-order valence-electron chi connectivity index (χ0n) is 10.4. The lowest BCUT2D eigenvalue weighted by Crippen LogP contribution is -2.32. The third kappa shape index (κ3) is 2.67. The third-order valence-corrected chi connectivity index (χ3v) is 3.67. The Hall–Kier alpha value is -1.35. The molecule has 1 aliphatic heterocycles. The van der Waals surface area contributed by atoms with Crippen molar-refractivity contribution in [1.82, 2.24) is 4.90 Å². The first-order chi connectivity index (χ1) is 8.08. The van der Waals surface area contributed by atoms with Crippen LogP contribution in [0.1, 0.15) is 24.5 Å². The summed E-state index contributed by atoms with van der Waals surface area (Å²) in [5, 5.41) is 9.08. The van der Waals surface area contributed by atoms with Crippen LogP contribution in [0.3, 0.4) is 0 Å². The summed E-state index contributed by atoms with van der Waals surface area (Å²) in [6.45, 7) is 5.83. The van der Waals surface area contributed by atoms with Crippen LogP contribution in [0.2, 0.25) is 0 Å². The van der Waals surface area contributed by atoms with Gasteiger partial charge < -0.3 is 5.11 Å². The number of aryl methyl sites for hydroxylation is 1. The molecule has 17 heavy (non-hydrogen) atoms. The quantitative estimate of drug-likeness (QED) is 0.870. The molecule has 3 heteroatoms. The smallest absolute Gasteiger partial charge is 0.308 e. The summed E-state index contributed by atoms with van der Waals surface area (Å²) in [6.07, 6.45) is 0.766. The minimum atomic E-state index is -0.663. The normalized spacial score (nSPS) is 25.1. The van der Waals surface area contributed by atoms with Gasteiger partial charge in [0.05, 0.1) is 5.92 Å². The average Bonchev–Trinajstić information content (AvgIpc) is 2.61. The molecule has 0 spiro atoms. The van der Waals surface area contributed by atoms with Gasteiger partial charge in [-0.15, -0.1) is 0 Å². The highest BCUT2D eigenvalue weighted by atomic mass is 16.4. The maximum absolute atomic E-state index is 11.0. The van der Waals surface area contributed by atoms with Crippen LogP contribution in [0.5, 0.6) is 0 Å². The summed E-state index contributed by atoms with van der Waals surface area (Å²) >= 11 is 0. The number of carboxylic acids is 1. The molecule has 1 N–H and O–H groups in total. The van der Waals surface area contributed by atoms with Crippen molar-refractivity contribution in [3.05, 3.63) is 35.4 Å². The van der Waals surface area contributed by atoms with Gasteiger partial charge in [0.1, 0.15) is 0 Å². The summed E-state index contributed by atoms with van der Waals surface area (Å²) in [7, 11) is 0. The SMILES string of the molecule is Cc1cccc(CN2CCC(C(=O)O)C2C)c1. The zero-order chi connectivity index (χ0) is 12.4. The molecular weight excluding hydrogens is 214 g/mol. The number of carboxylic acid groups (broad SMARTS) is 1. The number of benzene rings is 1. The number of rotatable bonds is 3. The van der Waals surface area contributed by atoms with Crippen molar-refractivity contribution >= 4 is 5.97 Å². The van der Waals surface area contributed by atoms with Crippen LogP contribution < -0.4 is 0 Å². The molecule has 0 saturated carbocycles. The molecule has 2 atom stereocenters. The van der Waals surface area contributed by atoms with E-state index in [0.29, 0.717) is 0 Å². The molecule has 2 unspecified atom stereocenters. The molecule has 0 bridgehead atoms. The Kier molecular flexibility index (Phi) is 3.48. The predicted octanol–water partition coefficient (Wildman–Crippen LogP) is 2.29. The lowest BCUT2D eigenvalue weighted by molar-refractivity contribution is -0.142. The third-order valence-electron chi connectivity index (χ3n) is 3.67. The molecule has 0 aliphatic carbocycles. The largest absolute Gasteiger partial charge is 0.481 e. The number of aliphatic carboxylic acids is 1. The fourth-order valence-corrected chi connectivity index (χ4v) is 2.60. The van der Waals surface area contributed by atoms with Crippen molar-refractivity contribution in [3.63, 3.8) is 0 Å². The van der Waals surface area contributed by atoms with Gasteiger partial charge in [-0.2, -0.15) is 0 Å². The van der Waals surface area contributed by atoms with E-state index in [-0.39, 0.29) is 12.0 Å². The molecule has 1 fully saturated rings. The van der Waals surface area contributed by atoms with Gasteiger partial charge in [-0.1, -0.05) is 29.8 Å². The van der Waals surface area contributed by atoms with Gasteiger partial charge in [-0.25, -0.2) is 0 Å². The molecule has 1 aromatic rings. The van der Waals surface area contributed by atoms with Gasteiger partial charge in [0, 0.05) is 12.6 Å². The Morgan fingerprint density at radius 3 is 2.88 bits per heavy atom. The number of hydrogen-bond acceptors (Lipinski definition) is 2. The Bertz CT molecular complexity index is 416. The maximum atomic E-state index is 11.0. The van der Waals surface area contributed by atoms with Gasteiger partial charge in [0.15, 0.2) is 0 Å². The van der Waals surface area contributed by atoms with Gasteiger partial charge in [0.2, 0.25) is 0 Å². The first kappa shape index (κ1) is 12.1. The molecule has 1 heterocycles. The van der Waals surface area contributed by atoms with Crippen LogP contribution in [0.4, 0.5) is 0 Å². The van der Waals surface area contributed by atoms with Crippen LogP contribution in [0.15, 0.2) is 24.3 Å². The Balaban J connectivity index is 2.03. The van der Waals surface area contributed by atoms with E-state index in [2.05, 4.69) is 36.1 Å². The molecule has 0 aromatic heterocycles. The van der Waals surface area contributed by atoms with Crippen LogP contribution in [-0.2, 0) is 11.3 Å². The van der Waals surface area contributed by atoms with Gasteiger partial charge in [0.25, 0.3) is 0 Å².